The number of carbonyl (C=O) groups excluding carboxylic acids is 1. The van der Waals surface area contributed by atoms with Crippen LogP contribution in [-0.4, -0.2) is 12.5 Å². The number of anilines is 1. The number of hydrogen-bond acceptors (Lipinski definition) is 2. The Hall–Kier alpha value is -1.03. The Balaban J connectivity index is 2.09. The van der Waals surface area contributed by atoms with Crippen LogP contribution in [0.5, 0.6) is 0 Å². The zero-order chi connectivity index (χ0) is 15.5. The van der Waals surface area contributed by atoms with E-state index >= 15 is 0 Å². The van der Waals surface area contributed by atoms with Crippen molar-refractivity contribution in [2.24, 2.45) is 0 Å². The van der Waals surface area contributed by atoms with Gasteiger partial charge >= 0.3 is 0 Å². The molecule has 0 bridgehead atoms. The Labute approximate surface area is 136 Å². The van der Waals surface area contributed by atoms with E-state index in [4.69, 9.17) is 5.73 Å². The zero-order valence-corrected chi connectivity index (χ0v) is 14.5. The molecule has 0 aliphatic carbocycles. The second kappa shape index (κ2) is 10.7. The second-order valence-electron chi connectivity index (χ2n) is 5.47. The number of unbranched alkanes of at least 4 members (excludes halogenated alkanes) is 7. The monoisotopic (exact) mass is 354 g/mol. The molecule has 1 amide bonds. The van der Waals surface area contributed by atoms with Crippen molar-refractivity contribution >= 4 is 27.5 Å². The number of rotatable bonds is 10. The third-order valence-corrected chi connectivity index (χ3v) is 4.27. The molecule has 4 heteroatoms. The topological polar surface area (TPSA) is 55.1 Å². The van der Waals surface area contributed by atoms with Crippen LogP contribution in [0.1, 0.15) is 68.6 Å². The van der Waals surface area contributed by atoms with Gasteiger partial charge in [0, 0.05) is 22.3 Å². The summed E-state index contributed by atoms with van der Waals surface area (Å²) in [6.45, 7) is 2.98. The lowest BCUT2D eigenvalue weighted by molar-refractivity contribution is 0.0953. The molecule has 0 heterocycles. The Morgan fingerprint density at radius 2 is 1.71 bits per heavy atom. The van der Waals surface area contributed by atoms with Gasteiger partial charge in [-0.25, -0.2) is 0 Å². The number of hydrogen-bond donors (Lipinski definition) is 2. The maximum Gasteiger partial charge on any atom is 0.251 e. The lowest BCUT2D eigenvalue weighted by Gasteiger charge is -2.06. The van der Waals surface area contributed by atoms with E-state index in [1.54, 1.807) is 18.2 Å². The smallest absolute Gasteiger partial charge is 0.251 e. The summed E-state index contributed by atoms with van der Waals surface area (Å²) in [6, 6.07) is 5.26. The maximum absolute atomic E-state index is 11.9. The molecule has 0 fully saturated rings. The van der Waals surface area contributed by atoms with Gasteiger partial charge in [-0.05, 0) is 40.5 Å². The first-order valence-corrected chi connectivity index (χ1v) is 8.77. The number of halogens is 1. The van der Waals surface area contributed by atoms with E-state index in [1.165, 1.54) is 44.9 Å². The molecular weight excluding hydrogens is 328 g/mol. The van der Waals surface area contributed by atoms with Crippen molar-refractivity contribution in [3.63, 3.8) is 0 Å². The zero-order valence-electron chi connectivity index (χ0n) is 13.0. The van der Waals surface area contributed by atoms with E-state index < -0.39 is 0 Å². The lowest BCUT2D eigenvalue weighted by Crippen LogP contribution is -2.24. The fourth-order valence-electron chi connectivity index (χ4n) is 2.23. The molecule has 21 heavy (non-hydrogen) atoms. The molecule has 0 atom stereocenters. The van der Waals surface area contributed by atoms with Crippen molar-refractivity contribution in [1.29, 1.82) is 0 Å². The molecule has 3 N–H and O–H groups in total. The van der Waals surface area contributed by atoms with Crippen molar-refractivity contribution in [3.8, 4) is 0 Å². The fraction of sp³-hybridized carbons (Fsp3) is 0.588. The highest BCUT2D eigenvalue weighted by Crippen LogP contribution is 2.20. The van der Waals surface area contributed by atoms with Crippen LogP contribution in [0.25, 0.3) is 0 Å². The van der Waals surface area contributed by atoms with Crippen molar-refractivity contribution in [2.45, 2.75) is 58.3 Å². The van der Waals surface area contributed by atoms with Gasteiger partial charge in [0.05, 0.1) is 0 Å². The van der Waals surface area contributed by atoms with Gasteiger partial charge in [0.25, 0.3) is 5.91 Å². The van der Waals surface area contributed by atoms with Crippen molar-refractivity contribution in [3.05, 3.63) is 28.2 Å². The Bertz CT molecular complexity index is 435. The molecule has 0 aromatic heterocycles. The van der Waals surface area contributed by atoms with Gasteiger partial charge in [0.2, 0.25) is 0 Å². The fourth-order valence-corrected chi connectivity index (χ4v) is 2.61. The molecular formula is C17H27BrN2O. The average molecular weight is 355 g/mol. The van der Waals surface area contributed by atoms with E-state index in [-0.39, 0.29) is 5.91 Å². The van der Waals surface area contributed by atoms with Gasteiger partial charge in [-0.2, -0.15) is 0 Å². The quantitative estimate of drug-likeness (QED) is 0.463. The summed E-state index contributed by atoms with van der Waals surface area (Å²) in [5, 5.41) is 2.96. The minimum atomic E-state index is -0.0290. The molecule has 118 valence electrons. The van der Waals surface area contributed by atoms with Gasteiger partial charge < -0.3 is 11.1 Å². The minimum Gasteiger partial charge on any atom is -0.398 e. The van der Waals surface area contributed by atoms with Crippen LogP contribution in [0.15, 0.2) is 22.7 Å². The first kappa shape index (κ1) is 18.0. The first-order chi connectivity index (χ1) is 10.1. The van der Waals surface area contributed by atoms with E-state index in [1.807, 2.05) is 0 Å². The summed E-state index contributed by atoms with van der Waals surface area (Å²) in [4.78, 5) is 11.9. The number of amides is 1. The largest absolute Gasteiger partial charge is 0.398 e. The first-order valence-electron chi connectivity index (χ1n) is 7.98. The van der Waals surface area contributed by atoms with Crippen LogP contribution in [0.4, 0.5) is 5.69 Å². The Morgan fingerprint density at radius 3 is 2.33 bits per heavy atom. The molecule has 0 aliphatic heterocycles. The van der Waals surface area contributed by atoms with E-state index in [2.05, 4.69) is 28.2 Å². The summed E-state index contributed by atoms with van der Waals surface area (Å²) in [7, 11) is 0. The molecule has 0 radical (unpaired) electrons. The van der Waals surface area contributed by atoms with Crippen LogP contribution in [0.2, 0.25) is 0 Å². The summed E-state index contributed by atoms with van der Waals surface area (Å²) >= 11 is 3.34. The van der Waals surface area contributed by atoms with Crippen LogP contribution in [0, 0.1) is 0 Å². The third-order valence-electron chi connectivity index (χ3n) is 3.58. The molecule has 1 rings (SSSR count). The average Bonchev–Trinajstić information content (AvgIpc) is 2.48. The van der Waals surface area contributed by atoms with Gasteiger partial charge in [-0.3, -0.25) is 4.79 Å². The minimum absolute atomic E-state index is 0.0290. The van der Waals surface area contributed by atoms with E-state index in [0.717, 1.165) is 17.4 Å². The van der Waals surface area contributed by atoms with Crippen LogP contribution in [0.3, 0.4) is 0 Å². The standard InChI is InChI=1S/C17H27BrN2O/c1-2-3-4-5-6-7-8-9-12-20-17(21)14-10-11-16(19)15(18)13-14/h10-11,13H,2-9,12,19H2,1H3,(H,20,21). The lowest BCUT2D eigenvalue weighted by atomic mass is 10.1. The van der Waals surface area contributed by atoms with Gasteiger partial charge in [-0.15, -0.1) is 0 Å². The molecule has 0 unspecified atom stereocenters. The van der Waals surface area contributed by atoms with Gasteiger partial charge in [-0.1, -0.05) is 51.9 Å². The summed E-state index contributed by atoms with van der Waals surface area (Å²) < 4.78 is 0.766. The van der Waals surface area contributed by atoms with Crippen LogP contribution < -0.4 is 11.1 Å². The molecule has 1 aromatic rings. The number of carbonyl (C=O) groups is 1. The number of nitrogen functional groups attached to an aromatic ring is 1. The summed E-state index contributed by atoms with van der Waals surface area (Å²) in [5.74, 6) is -0.0290. The maximum atomic E-state index is 11.9. The molecule has 1 aromatic carbocycles. The molecule has 0 aliphatic rings. The van der Waals surface area contributed by atoms with E-state index in [9.17, 15) is 4.79 Å². The van der Waals surface area contributed by atoms with Gasteiger partial charge in [0.15, 0.2) is 0 Å². The highest BCUT2D eigenvalue weighted by molar-refractivity contribution is 9.10. The highest BCUT2D eigenvalue weighted by Gasteiger charge is 2.06. The Kier molecular flexibility index (Phi) is 9.15. The predicted molar refractivity (Wildman–Crippen MR) is 93.5 cm³/mol. The molecule has 0 saturated heterocycles. The highest BCUT2D eigenvalue weighted by atomic mass is 79.9. The SMILES string of the molecule is CCCCCCCCCCNC(=O)c1ccc(N)c(Br)c1. The molecule has 0 saturated carbocycles. The number of nitrogens with two attached hydrogens (primary N) is 1. The third kappa shape index (κ3) is 7.51. The Morgan fingerprint density at radius 1 is 1.10 bits per heavy atom. The summed E-state index contributed by atoms with van der Waals surface area (Å²) in [6.07, 6.45) is 10.2. The number of benzene rings is 1. The number of nitrogens with one attached hydrogen (secondary N) is 1. The van der Waals surface area contributed by atoms with Crippen molar-refractivity contribution < 1.29 is 4.79 Å². The molecule has 0 spiro atoms. The summed E-state index contributed by atoms with van der Waals surface area (Å²) in [5.41, 5.74) is 7.01. The second-order valence-corrected chi connectivity index (χ2v) is 6.32. The molecule has 3 nitrogen and oxygen atoms in total. The van der Waals surface area contributed by atoms with E-state index in [0.29, 0.717) is 11.3 Å². The van der Waals surface area contributed by atoms with Crippen molar-refractivity contribution in [1.82, 2.24) is 5.32 Å². The van der Waals surface area contributed by atoms with Gasteiger partial charge in [0.1, 0.15) is 0 Å². The predicted octanol–water partition coefficient (Wildman–Crippen LogP) is 4.90. The van der Waals surface area contributed by atoms with Crippen LogP contribution >= 0.6 is 15.9 Å². The normalized spacial score (nSPS) is 10.6. The van der Waals surface area contributed by atoms with Crippen molar-refractivity contribution in [2.75, 3.05) is 12.3 Å². The van der Waals surface area contributed by atoms with Crippen LogP contribution in [-0.2, 0) is 0 Å².